The van der Waals surface area contributed by atoms with Gasteiger partial charge in [-0.3, -0.25) is 0 Å². The SMILES string of the molecule is [CH3][Al]([CH3])[O]c1cccc2cc([B-](c3c(F)c(F)c(F)c(F)c3F)(c3c(F)c(F)c(F)c(F)c3F)c3c(F)c(F)c(F)c(F)c3F)ccc12. The highest BCUT2D eigenvalue weighted by atomic mass is 27.2. The van der Waals surface area contributed by atoms with Gasteiger partial charge in [0, 0.05) is 5.39 Å². The monoisotopic (exact) mass is 711 g/mol. The van der Waals surface area contributed by atoms with Crippen LogP contribution in [0.5, 0.6) is 5.75 Å². The summed E-state index contributed by atoms with van der Waals surface area (Å²) in [5, 5.41) is -0.262. The predicted molar refractivity (Wildman–Crippen MR) is 145 cm³/mol. The van der Waals surface area contributed by atoms with Gasteiger partial charge in [-0.05, 0) is 11.5 Å². The van der Waals surface area contributed by atoms with Crippen LogP contribution < -0.4 is 25.6 Å². The maximum atomic E-state index is 15.8. The van der Waals surface area contributed by atoms with E-state index in [4.69, 9.17) is 3.79 Å². The van der Waals surface area contributed by atoms with Crippen LogP contribution in [0, 0.1) is 87.3 Å². The van der Waals surface area contributed by atoms with Crippen molar-refractivity contribution in [1.29, 1.82) is 0 Å². The number of fused-ring (bicyclic) bond motifs is 1. The molecule has 0 heterocycles. The maximum Gasteiger partial charge on any atom is 0.540 e. The number of hydrogen-bond acceptors (Lipinski definition) is 1. The first-order chi connectivity index (χ1) is 22.4. The Balaban J connectivity index is 2.22. The Morgan fingerprint density at radius 3 is 1.10 bits per heavy atom. The molecule has 0 fully saturated rings. The van der Waals surface area contributed by atoms with E-state index in [9.17, 15) is 39.5 Å². The average Bonchev–Trinajstić information content (AvgIpc) is 3.05. The third-order valence-corrected chi connectivity index (χ3v) is 8.48. The smallest absolute Gasteiger partial charge is 0.540 e. The Kier molecular flexibility index (Phi) is 8.98. The van der Waals surface area contributed by atoms with Gasteiger partial charge in [-0.2, -0.15) is 5.46 Å². The molecule has 5 aromatic carbocycles. The summed E-state index contributed by atoms with van der Waals surface area (Å²) in [6.45, 7) is 0. The third-order valence-electron chi connectivity index (χ3n) is 7.76. The van der Waals surface area contributed by atoms with Crippen molar-refractivity contribution in [2.45, 2.75) is 11.6 Å². The van der Waals surface area contributed by atoms with Crippen LogP contribution in [0.15, 0.2) is 36.4 Å². The topological polar surface area (TPSA) is 9.23 Å². The highest BCUT2D eigenvalue weighted by Crippen LogP contribution is 2.31. The molecule has 0 radical (unpaired) electrons. The molecular weight excluding hydrogens is 699 g/mol. The number of rotatable bonds is 6. The van der Waals surface area contributed by atoms with Gasteiger partial charge in [-0.15, -0.1) is 16.4 Å². The molecule has 0 N–H and O–H groups in total. The van der Waals surface area contributed by atoms with Gasteiger partial charge in [-0.25, -0.2) is 65.9 Å². The van der Waals surface area contributed by atoms with Crippen LogP contribution in [0.4, 0.5) is 65.9 Å². The molecule has 48 heavy (non-hydrogen) atoms. The van der Waals surface area contributed by atoms with E-state index in [1.165, 1.54) is 12.1 Å². The first kappa shape index (κ1) is 35.0. The zero-order valence-corrected chi connectivity index (χ0v) is 24.9. The van der Waals surface area contributed by atoms with Crippen molar-refractivity contribution >= 4 is 53.3 Å². The van der Waals surface area contributed by atoms with E-state index in [2.05, 4.69) is 0 Å². The second-order valence-corrected chi connectivity index (χ2v) is 13.1. The van der Waals surface area contributed by atoms with Crippen LogP contribution in [-0.2, 0) is 0 Å². The highest BCUT2D eigenvalue weighted by molar-refractivity contribution is 7.20. The highest BCUT2D eigenvalue weighted by Gasteiger charge is 2.49. The Bertz CT molecular complexity index is 1920. The van der Waals surface area contributed by atoms with Crippen molar-refractivity contribution in [3.63, 3.8) is 0 Å². The summed E-state index contributed by atoms with van der Waals surface area (Å²) in [4.78, 5) is 0. The second-order valence-electron chi connectivity index (χ2n) is 10.7. The molecule has 0 bridgehead atoms. The van der Waals surface area contributed by atoms with Crippen molar-refractivity contribution in [1.82, 2.24) is 0 Å². The molecule has 0 spiro atoms. The van der Waals surface area contributed by atoms with Crippen LogP contribution in [0.1, 0.15) is 0 Å². The maximum absolute atomic E-state index is 15.8. The summed E-state index contributed by atoms with van der Waals surface area (Å²) in [5.41, 5.74) is -9.51. The zero-order chi connectivity index (χ0) is 35.7. The Labute approximate surface area is 263 Å². The standard InChI is InChI=1S/C28H7BF15O.2CH3.Al/c30-14-11(15(31)21(37)26(42)20(14)36)29(12-16(32)22(38)27(43)23(39)17(12)33,13-18(34)24(40)28(44)25(41)19(13)35)8-4-5-9-7(6-8)2-1-3-10(9)45;;;/h1-6,45H;2*1H3;/q-1;;;+1/p-1. The van der Waals surface area contributed by atoms with Crippen LogP contribution in [0.3, 0.4) is 0 Å². The molecule has 250 valence electrons. The van der Waals surface area contributed by atoms with Gasteiger partial charge in [0.1, 0.15) is 41.0 Å². The van der Waals surface area contributed by atoms with Crippen molar-refractivity contribution in [2.24, 2.45) is 0 Å². The van der Waals surface area contributed by atoms with E-state index < -0.39 is 130 Å². The number of benzene rings is 5. The van der Waals surface area contributed by atoms with Crippen LogP contribution in [0.2, 0.25) is 11.6 Å². The molecule has 0 aliphatic heterocycles. The molecule has 0 amide bonds. The molecule has 0 saturated carbocycles. The normalized spacial score (nSPS) is 11.9. The van der Waals surface area contributed by atoms with Gasteiger partial charge in [-0.1, -0.05) is 41.9 Å². The van der Waals surface area contributed by atoms with Crippen molar-refractivity contribution in [3.8, 4) is 5.75 Å². The molecule has 18 heteroatoms. The largest absolute Gasteiger partial charge is 0.642 e. The summed E-state index contributed by atoms with van der Waals surface area (Å²) < 4.78 is 232. The molecule has 5 rings (SSSR count). The van der Waals surface area contributed by atoms with Gasteiger partial charge >= 0.3 is 14.5 Å². The first-order valence-corrected chi connectivity index (χ1v) is 16.1. The lowest BCUT2D eigenvalue weighted by Gasteiger charge is -2.44. The molecule has 0 aromatic heterocycles. The molecule has 0 aliphatic rings. The van der Waals surface area contributed by atoms with E-state index >= 15 is 26.3 Å². The van der Waals surface area contributed by atoms with Gasteiger partial charge in [0.2, 0.25) is 0 Å². The summed E-state index contributed by atoms with van der Waals surface area (Å²) >= 11 is -1.94. The van der Waals surface area contributed by atoms with E-state index in [1.54, 1.807) is 11.6 Å². The van der Waals surface area contributed by atoms with E-state index in [0.29, 0.717) is 12.1 Å². The fourth-order valence-electron chi connectivity index (χ4n) is 5.84. The summed E-state index contributed by atoms with van der Waals surface area (Å²) in [6.07, 6.45) is -5.86. The van der Waals surface area contributed by atoms with Crippen LogP contribution in [-0.4, -0.2) is 20.6 Å². The minimum absolute atomic E-state index is 0.0133. The quantitative estimate of drug-likeness (QED) is 0.0804. The Hall–Kier alpha value is -4.29. The molecule has 0 atom stereocenters. The molecular formula is C30H12AlBF15O-. The first-order valence-electron chi connectivity index (χ1n) is 13.3. The zero-order valence-electron chi connectivity index (χ0n) is 23.7. The van der Waals surface area contributed by atoms with E-state index in [-0.39, 0.29) is 16.5 Å². The summed E-state index contributed by atoms with van der Waals surface area (Å²) in [7, 11) is 0. The Morgan fingerprint density at radius 2 is 0.771 bits per heavy atom. The van der Waals surface area contributed by atoms with Gasteiger partial charge in [0.05, 0.1) is 5.75 Å². The minimum Gasteiger partial charge on any atom is -0.642 e. The second kappa shape index (κ2) is 12.3. The van der Waals surface area contributed by atoms with Crippen LogP contribution in [0.25, 0.3) is 10.8 Å². The molecule has 5 aromatic rings. The fourth-order valence-corrected chi connectivity index (χ4v) is 6.55. The van der Waals surface area contributed by atoms with Gasteiger partial charge in [0.25, 0.3) is 0 Å². The van der Waals surface area contributed by atoms with Crippen LogP contribution >= 0.6 is 0 Å². The molecule has 0 unspecified atom stereocenters. The summed E-state index contributed by atoms with van der Waals surface area (Å²) in [5.74, 6) is -42.3. The molecule has 0 saturated heterocycles. The van der Waals surface area contributed by atoms with Crippen molar-refractivity contribution in [3.05, 3.63) is 124 Å². The third kappa shape index (κ3) is 4.90. The lowest BCUT2D eigenvalue weighted by molar-refractivity contribution is 0.380. The fraction of sp³-hybridized carbons (Fsp3) is 0.0667. The molecule has 1 nitrogen and oxygen atoms in total. The van der Waals surface area contributed by atoms with E-state index in [1.807, 2.05) is 0 Å². The van der Waals surface area contributed by atoms with Gasteiger partial charge < -0.3 is 3.79 Å². The van der Waals surface area contributed by atoms with Gasteiger partial charge in [0.15, 0.2) is 52.4 Å². The van der Waals surface area contributed by atoms with E-state index in [0.717, 1.165) is 12.1 Å². The van der Waals surface area contributed by atoms with Crippen molar-refractivity contribution in [2.75, 3.05) is 0 Å². The summed E-state index contributed by atoms with van der Waals surface area (Å²) in [6, 6.07) is 5.50. The average molecular weight is 711 g/mol. The number of halogens is 15. The van der Waals surface area contributed by atoms with Crippen molar-refractivity contribution < 1.29 is 69.6 Å². The lowest BCUT2D eigenvalue weighted by Crippen LogP contribution is -2.79. The predicted octanol–water partition coefficient (Wildman–Crippen LogP) is 6.93. The lowest BCUT2D eigenvalue weighted by atomic mass is 9.12. The minimum atomic E-state index is -5.86. The number of hydrogen-bond donors (Lipinski definition) is 0. The molecule has 0 aliphatic carbocycles. The Morgan fingerprint density at radius 1 is 0.438 bits per heavy atom.